The molecule has 0 aliphatic carbocycles. The van der Waals surface area contributed by atoms with E-state index in [9.17, 15) is 14.4 Å². The minimum Gasteiger partial charge on any atom is -0.459 e. The summed E-state index contributed by atoms with van der Waals surface area (Å²) in [4.78, 5) is 46.1. The van der Waals surface area contributed by atoms with E-state index in [0.717, 1.165) is 33.0 Å². The molecule has 0 aromatic heterocycles. The molecular formula is C70H69N3O14. The molecule has 0 amide bonds. The summed E-state index contributed by atoms with van der Waals surface area (Å²) in [5, 5.41) is 5.70. The third-order valence-electron chi connectivity index (χ3n) is 14.8. The Morgan fingerprint density at radius 3 is 1.49 bits per heavy atom. The average Bonchev–Trinajstić information content (AvgIpc) is 1.63. The second-order valence-corrected chi connectivity index (χ2v) is 21.0. The molecule has 0 radical (unpaired) electrons. The molecule has 10 atom stereocenters. The third-order valence-corrected chi connectivity index (χ3v) is 14.8. The van der Waals surface area contributed by atoms with Gasteiger partial charge in [0.2, 0.25) is 0 Å². The lowest BCUT2D eigenvalue weighted by Gasteiger charge is -2.49. The molecule has 8 unspecified atom stereocenters. The van der Waals surface area contributed by atoms with E-state index in [1.807, 2.05) is 133 Å². The second-order valence-electron chi connectivity index (χ2n) is 21.0. The first-order valence-electron chi connectivity index (χ1n) is 29.2. The number of fused-ring (bicyclic) bond motifs is 1. The molecule has 0 bridgehead atoms. The summed E-state index contributed by atoms with van der Waals surface area (Å²) in [6.07, 6.45) is -11.0. The summed E-state index contributed by atoms with van der Waals surface area (Å²) in [6, 6.07) is 68.2. The topological polar surface area (TPSA) is 201 Å². The average molecular weight is 1180 g/mol. The van der Waals surface area contributed by atoms with E-state index in [0.29, 0.717) is 25.8 Å². The Labute approximate surface area is 505 Å². The zero-order valence-electron chi connectivity index (χ0n) is 48.0. The number of hydrogen-bond donors (Lipinski definition) is 0. The zero-order chi connectivity index (χ0) is 59.8. The van der Waals surface area contributed by atoms with Crippen molar-refractivity contribution in [1.29, 1.82) is 0 Å². The van der Waals surface area contributed by atoms with Crippen LogP contribution in [-0.2, 0) is 78.5 Å². The Balaban J connectivity index is 1.09. The molecule has 0 saturated carbocycles. The molecule has 2 aliphatic heterocycles. The van der Waals surface area contributed by atoms with Crippen LogP contribution in [0.25, 0.3) is 21.2 Å². The summed E-state index contributed by atoms with van der Waals surface area (Å²) >= 11 is 0. The number of benzene rings is 8. The van der Waals surface area contributed by atoms with Crippen molar-refractivity contribution in [3.8, 4) is 0 Å². The highest BCUT2D eigenvalue weighted by molar-refractivity contribution is 5.90. The van der Waals surface area contributed by atoms with E-state index in [4.69, 9.17) is 57.6 Å². The number of rotatable bonds is 29. The SMILES string of the molecule is [N-]=[N+]=NCCCCCO[C@@H]1OC(COCc2ccccc2)[C@H](OCc2ccccc2)C(OC2OC(COC(=O)c3ccccc3)C(OC(=O)c3ccccc3)C(OCc3ccc4ccccc4c3)C2OCc2ccccc2)C1OC(=O)c1ccccc1. The largest absolute Gasteiger partial charge is 0.459 e. The molecule has 2 saturated heterocycles. The Kier molecular flexibility index (Phi) is 22.8. The number of nitrogens with zero attached hydrogens (tertiary/aromatic N) is 3. The molecule has 0 N–H and O–H groups in total. The number of azide groups is 1. The Morgan fingerprint density at radius 2 is 0.897 bits per heavy atom. The number of unbranched alkanes of at least 4 members (excludes halogenated alkanes) is 2. The highest BCUT2D eigenvalue weighted by Gasteiger charge is 2.56. The van der Waals surface area contributed by atoms with Gasteiger partial charge in [-0.2, -0.15) is 0 Å². The van der Waals surface area contributed by atoms with Crippen molar-refractivity contribution < 1.29 is 66.5 Å². The highest BCUT2D eigenvalue weighted by Crippen LogP contribution is 2.38. The lowest BCUT2D eigenvalue weighted by molar-refractivity contribution is -0.370. The standard InChI is InChI=1S/C70H69N3O14/c71-73-72-40-22-7-23-41-78-69-65(86-68(76)56-35-18-6-19-36-56)63(60(79-44-50-26-10-2-11-27-50)58(83-69)47-77-43-49-24-8-1-9-25-49)87-70-64(81-45-51-28-12-3-13-29-51)62(80-46-52-38-39-53-30-20-21-37-57(53)42-52)61(85-67(75)55-33-16-5-17-34-55)59(84-70)48-82-66(74)54-31-14-4-15-32-54/h1-6,8-21,24-39,42,58-65,69-70H,7,22-23,40-41,43-48H2/t58?,59?,60-,61?,62?,63?,64?,65?,69+,70?/m0/s1. The van der Waals surface area contributed by atoms with Gasteiger partial charge in [0.25, 0.3) is 0 Å². The van der Waals surface area contributed by atoms with Gasteiger partial charge in [-0.25, -0.2) is 14.4 Å². The van der Waals surface area contributed by atoms with Crippen molar-refractivity contribution >= 4 is 28.7 Å². The molecule has 0 spiro atoms. The fourth-order valence-electron chi connectivity index (χ4n) is 10.4. The van der Waals surface area contributed by atoms with E-state index in [-0.39, 0.29) is 56.3 Å². The van der Waals surface area contributed by atoms with Gasteiger partial charge in [0.05, 0.1) is 49.7 Å². The van der Waals surface area contributed by atoms with Gasteiger partial charge >= 0.3 is 17.9 Å². The first kappa shape index (κ1) is 61.5. The molecule has 2 aliphatic rings. The van der Waals surface area contributed by atoms with Gasteiger partial charge in [-0.1, -0.05) is 194 Å². The van der Waals surface area contributed by atoms with E-state index < -0.39 is 85.9 Å². The van der Waals surface area contributed by atoms with Crippen LogP contribution in [0.3, 0.4) is 0 Å². The van der Waals surface area contributed by atoms with Crippen molar-refractivity contribution in [2.75, 3.05) is 26.4 Å². The van der Waals surface area contributed by atoms with Gasteiger partial charge in [-0.3, -0.25) is 0 Å². The van der Waals surface area contributed by atoms with Crippen LogP contribution in [0, 0.1) is 0 Å². The highest BCUT2D eigenvalue weighted by atomic mass is 16.8. The maximum Gasteiger partial charge on any atom is 0.338 e. The van der Waals surface area contributed by atoms with Crippen molar-refractivity contribution in [3.63, 3.8) is 0 Å². The van der Waals surface area contributed by atoms with E-state index in [1.165, 1.54) is 0 Å². The summed E-state index contributed by atoms with van der Waals surface area (Å²) < 4.78 is 75.2. The second kappa shape index (κ2) is 32.2. The molecule has 448 valence electrons. The fourth-order valence-corrected chi connectivity index (χ4v) is 10.4. The minimum atomic E-state index is -1.52. The van der Waals surface area contributed by atoms with Gasteiger partial charge < -0.3 is 52.1 Å². The number of carbonyl (C=O) groups is 3. The molecule has 8 aromatic carbocycles. The number of esters is 3. The van der Waals surface area contributed by atoms with E-state index >= 15 is 0 Å². The first-order valence-corrected chi connectivity index (χ1v) is 29.2. The number of ether oxygens (including phenoxy) is 11. The van der Waals surface area contributed by atoms with Crippen LogP contribution in [0.1, 0.15) is 72.6 Å². The van der Waals surface area contributed by atoms with Crippen molar-refractivity contribution in [2.24, 2.45) is 5.11 Å². The summed E-state index contributed by atoms with van der Waals surface area (Å²) in [5.74, 6) is -2.08. The van der Waals surface area contributed by atoms with Gasteiger partial charge in [0, 0.05) is 18.1 Å². The zero-order valence-corrected chi connectivity index (χ0v) is 48.0. The molecular weight excluding hydrogens is 1110 g/mol. The molecule has 87 heavy (non-hydrogen) atoms. The van der Waals surface area contributed by atoms with Crippen molar-refractivity contribution in [2.45, 2.75) is 107 Å². The molecule has 17 nitrogen and oxygen atoms in total. The summed E-state index contributed by atoms with van der Waals surface area (Å²) in [7, 11) is 0. The summed E-state index contributed by atoms with van der Waals surface area (Å²) in [6.45, 7) is 0.177. The lowest BCUT2D eigenvalue weighted by atomic mass is 9.95. The first-order chi connectivity index (χ1) is 42.9. The minimum absolute atomic E-state index is 0.00687. The predicted molar refractivity (Wildman–Crippen MR) is 323 cm³/mol. The van der Waals surface area contributed by atoms with Gasteiger partial charge in [-0.15, -0.1) is 0 Å². The normalized spacial score (nSPS) is 21.7. The van der Waals surface area contributed by atoms with Crippen LogP contribution in [0.5, 0.6) is 0 Å². The monoisotopic (exact) mass is 1180 g/mol. The van der Waals surface area contributed by atoms with Crippen LogP contribution < -0.4 is 0 Å². The fraction of sp³-hybridized carbons (Fsp3) is 0.300. The van der Waals surface area contributed by atoms with Crippen LogP contribution in [0.4, 0.5) is 0 Å². The van der Waals surface area contributed by atoms with Gasteiger partial charge in [0.1, 0.15) is 43.2 Å². The lowest BCUT2D eigenvalue weighted by Crippen LogP contribution is -2.67. The predicted octanol–water partition coefficient (Wildman–Crippen LogP) is 12.8. The molecule has 10 rings (SSSR count). The number of hydrogen-bond acceptors (Lipinski definition) is 15. The van der Waals surface area contributed by atoms with Crippen LogP contribution in [0.15, 0.2) is 230 Å². The third kappa shape index (κ3) is 17.5. The van der Waals surface area contributed by atoms with Crippen LogP contribution >= 0.6 is 0 Å². The Bertz CT molecular complexity index is 3440. The van der Waals surface area contributed by atoms with Crippen LogP contribution in [0.2, 0.25) is 0 Å². The van der Waals surface area contributed by atoms with Crippen molar-refractivity contribution in [1.82, 2.24) is 0 Å². The maximum absolute atomic E-state index is 14.7. The molecule has 8 aromatic rings. The van der Waals surface area contributed by atoms with Crippen LogP contribution in [-0.4, -0.2) is 106 Å². The Hall–Kier alpha value is -8.58. The molecule has 2 heterocycles. The van der Waals surface area contributed by atoms with Gasteiger partial charge in [0.15, 0.2) is 24.8 Å². The quantitative estimate of drug-likeness (QED) is 0.0107. The smallest absolute Gasteiger partial charge is 0.338 e. The Morgan fingerprint density at radius 1 is 0.414 bits per heavy atom. The number of carbonyl (C=O) groups excluding carboxylic acids is 3. The van der Waals surface area contributed by atoms with Crippen molar-refractivity contribution in [3.05, 3.63) is 274 Å². The molecule has 17 heteroatoms. The van der Waals surface area contributed by atoms with E-state index in [2.05, 4.69) is 10.0 Å². The maximum atomic E-state index is 14.7. The van der Waals surface area contributed by atoms with E-state index in [1.54, 1.807) is 91.0 Å². The summed E-state index contributed by atoms with van der Waals surface area (Å²) in [5.41, 5.74) is 13.0. The van der Waals surface area contributed by atoms with Gasteiger partial charge in [-0.05, 0) is 93.9 Å². The molecule has 2 fully saturated rings.